The maximum absolute atomic E-state index is 13.3. The summed E-state index contributed by atoms with van der Waals surface area (Å²) in [6.45, 7) is 3.81. The molecule has 4 aromatic rings. The van der Waals surface area contributed by atoms with E-state index >= 15 is 0 Å². The van der Waals surface area contributed by atoms with E-state index in [2.05, 4.69) is 0 Å². The average Bonchev–Trinajstić information content (AvgIpc) is 2.87. The van der Waals surface area contributed by atoms with E-state index in [9.17, 15) is 18.0 Å². The standard InChI is InChI=1S/C27H25NO6S/c1-3-19-13-14-24-21(17-26(29)34-25(24)15-19)18-33-27(30)20-9-8-12-23(16-20)35(31,32)28(4-2)22-10-6-5-7-11-22/h5-17H,3-4,18H2,1-2H3. The number of ether oxygens (including phenoxy) is 1. The summed E-state index contributed by atoms with van der Waals surface area (Å²) in [6.07, 6.45) is 0.790. The van der Waals surface area contributed by atoms with E-state index in [0.717, 1.165) is 12.0 Å². The topological polar surface area (TPSA) is 93.9 Å². The second-order valence-electron chi connectivity index (χ2n) is 7.88. The number of carbonyl (C=O) groups is 1. The molecule has 0 saturated heterocycles. The van der Waals surface area contributed by atoms with Crippen molar-refractivity contribution in [2.24, 2.45) is 0 Å². The van der Waals surface area contributed by atoms with Crippen LogP contribution in [0, 0.1) is 0 Å². The molecule has 0 aliphatic carbocycles. The highest BCUT2D eigenvalue weighted by Gasteiger charge is 2.24. The van der Waals surface area contributed by atoms with Crippen LogP contribution < -0.4 is 9.93 Å². The van der Waals surface area contributed by atoms with Gasteiger partial charge in [-0.25, -0.2) is 18.0 Å². The van der Waals surface area contributed by atoms with Crippen molar-refractivity contribution in [3.63, 3.8) is 0 Å². The molecule has 0 atom stereocenters. The van der Waals surface area contributed by atoms with Gasteiger partial charge in [0.15, 0.2) is 0 Å². The molecule has 0 unspecified atom stereocenters. The number of hydrogen-bond acceptors (Lipinski definition) is 6. The van der Waals surface area contributed by atoms with E-state index in [4.69, 9.17) is 9.15 Å². The van der Waals surface area contributed by atoms with Gasteiger partial charge in [0.1, 0.15) is 12.2 Å². The van der Waals surface area contributed by atoms with E-state index in [1.807, 2.05) is 25.1 Å². The van der Waals surface area contributed by atoms with Crippen LogP contribution in [0.1, 0.15) is 35.3 Å². The second-order valence-corrected chi connectivity index (χ2v) is 9.75. The van der Waals surface area contributed by atoms with Gasteiger partial charge in [0, 0.05) is 23.6 Å². The summed E-state index contributed by atoms with van der Waals surface area (Å²) in [4.78, 5) is 24.8. The first kappa shape index (κ1) is 24.2. The third-order valence-corrected chi connectivity index (χ3v) is 7.55. The highest BCUT2D eigenvalue weighted by atomic mass is 32.2. The molecule has 0 spiro atoms. The Bertz CT molecular complexity index is 1530. The monoisotopic (exact) mass is 491 g/mol. The van der Waals surface area contributed by atoms with Gasteiger partial charge in [-0.05, 0) is 55.3 Å². The number of carbonyl (C=O) groups excluding carboxylic acids is 1. The van der Waals surface area contributed by atoms with E-state index in [-0.39, 0.29) is 23.6 Å². The van der Waals surface area contributed by atoms with Crippen molar-refractivity contribution in [3.8, 4) is 0 Å². The summed E-state index contributed by atoms with van der Waals surface area (Å²) in [6, 6.07) is 21.3. The minimum Gasteiger partial charge on any atom is -0.457 e. The minimum atomic E-state index is -3.90. The predicted molar refractivity (Wildman–Crippen MR) is 134 cm³/mol. The summed E-state index contributed by atoms with van der Waals surface area (Å²) in [7, 11) is -3.90. The molecule has 0 fully saturated rings. The Morgan fingerprint density at radius 1 is 0.943 bits per heavy atom. The summed E-state index contributed by atoms with van der Waals surface area (Å²) < 4.78 is 38.6. The minimum absolute atomic E-state index is 0.0180. The molecule has 0 N–H and O–H groups in total. The van der Waals surface area contributed by atoms with Crippen molar-refractivity contribution in [3.05, 3.63) is 106 Å². The van der Waals surface area contributed by atoms with Crippen LogP contribution in [0.4, 0.5) is 5.69 Å². The van der Waals surface area contributed by atoms with Crippen LogP contribution in [0.25, 0.3) is 11.0 Å². The predicted octanol–water partition coefficient (Wildman–Crippen LogP) is 4.93. The molecule has 0 radical (unpaired) electrons. The van der Waals surface area contributed by atoms with E-state index in [1.165, 1.54) is 34.6 Å². The van der Waals surface area contributed by atoms with Crippen LogP contribution in [0.3, 0.4) is 0 Å². The van der Waals surface area contributed by atoms with Gasteiger partial charge in [-0.1, -0.05) is 43.3 Å². The Morgan fingerprint density at radius 2 is 1.71 bits per heavy atom. The third kappa shape index (κ3) is 5.12. The maximum Gasteiger partial charge on any atom is 0.338 e. The van der Waals surface area contributed by atoms with Gasteiger partial charge in [-0.15, -0.1) is 0 Å². The molecule has 4 rings (SSSR count). The first-order chi connectivity index (χ1) is 16.8. The first-order valence-electron chi connectivity index (χ1n) is 11.2. The summed E-state index contributed by atoms with van der Waals surface area (Å²) in [5.74, 6) is -0.698. The molecule has 180 valence electrons. The number of esters is 1. The number of rotatable bonds is 8. The Morgan fingerprint density at radius 3 is 2.43 bits per heavy atom. The molecule has 1 heterocycles. The van der Waals surface area contributed by atoms with Crippen molar-refractivity contribution in [1.82, 2.24) is 0 Å². The van der Waals surface area contributed by atoms with Gasteiger partial charge in [-0.3, -0.25) is 4.31 Å². The molecular weight excluding hydrogens is 466 g/mol. The van der Waals surface area contributed by atoms with Gasteiger partial charge >= 0.3 is 11.6 Å². The van der Waals surface area contributed by atoms with E-state index in [0.29, 0.717) is 22.2 Å². The van der Waals surface area contributed by atoms with Crippen LogP contribution in [0.2, 0.25) is 0 Å². The second kappa shape index (κ2) is 10.1. The molecule has 0 aliphatic heterocycles. The fourth-order valence-corrected chi connectivity index (χ4v) is 5.36. The molecule has 0 amide bonds. The van der Waals surface area contributed by atoms with Gasteiger partial charge in [0.25, 0.3) is 10.0 Å². The van der Waals surface area contributed by atoms with Crippen molar-refractivity contribution < 1.29 is 22.4 Å². The molecule has 1 aromatic heterocycles. The van der Waals surface area contributed by atoms with E-state index in [1.54, 1.807) is 37.3 Å². The number of anilines is 1. The number of nitrogens with zero attached hydrogens (tertiary/aromatic N) is 1. The number of sulfonamides is 1. The van der Waals surface area contributed by atoms with Gasteiger partial charge < -0.3 is 9.15 Å². The van der Waals surface area contributed by atoms with Crippen LogP contribution in [-0.2, 0) is 27.8 Å². The highest BCUT2D eigenvalue weighted by Crippen LogP contribution is 2.25. The third-order valence-electron chi connectivity index (χ3n) is 5.65. The summed E-state index contributed by atoms with van der Waals surface area (Å²) in [5, 5.41) is 0.673. The van der Waals surface area contributed by atoms with Crippen molar-refractivity contribution in [1.29, 1.82) is 0 Å². The summed E-state index contributed by atoms with van der Waals surface area (Å²) in [5.41, 5.74) is 2.04. The highest BCUT2D eigenvalue weighted by molar-refractivity contribution is 7.92. The Balaban J connectivity index is 1.58. The van der Waals surface area contributed by atoms with Crippen molar-refractivity contribution in [2.75, 3.05) is 10.8 Å². The van der Waals surface area contributed by atoms with Crippen molar-refractivity contribution in [2.45, 2.75) is 31.8 Å². The quantitative estimate of drug-likeness (QED) is 0.256. The first-order valence-corrected chi connectivity index (χ1v) is 12.7. The number of para-hydroxylation sites is 1. The lowest BCUT2D eigenvalue weighted by Crippen LogP contribution is -2.30. The Hall–Kier alpha value is -3.91. The number of fused-ring (bicyclic) bond motifs is 1. The average molecular weight is 492 g/mol. The SMILES string of the molecule is CCc1ccc2c(COC(=O)c3cccc(S(=O)(=O)N(CC)c4ccccc4)c3)cc(=O)oc2c1. The molecular formula is C27H25NO6S. The Kier molecular flexibility index (Phi) is 7.02. The zero-order valence-electron chi connectivity index (χ0n) is 19.4. The molecule has 3 aromatic carbocycles. The number of aryl methyl sites for hydroxylation is 1. The lowest BCUT2D eigenvalue weighted by Gasteiger charge is -2.23. The lowest BCUT2D eigenvalue weighted by atomic mass is 10.1. The molecule has 35 heavy (non-hydrogen) atoms. The van der Waals surface area contributed by atoms with Crippen LogP contribution in [-0.4, -0.2) is 20.9 Å². The fraction of sp³-hybridized carbons (Fsp3) is 0.185. The zero-order chi connectivity index (χ0) is 25.0. The fourth-order valence-electron chi connectivity index (χ4n) is 3.84. The maximum atomic E-state index is 13.3. The van der Waals surface area contributed by atoms with Gasteiger partial charge in [0.05, 0.1) is 16.1 Å². The molecule has 0 bridgehead atoms. The molecule has 0 aliphatic rings. The van der Waals surface area contributed by atoms with E-state index < -0.39 is 21.6 Å². The largest absolute Gasteiger partial charge is 0.457 e. The van der Waals surface area contributed by atoms with Gasteiger partial charge in [0.2, 0.25) is 0 Å². The van der Waals surface area contributed by atoms with Crippen molar-refractivity contribution >= 4 is 32.6 Å². The zero-order valence-corrected chi connectivity index (χ0v) is 20.2. The molecule has 0 saturated carbocycles. The summed E-state index contributed by atoms with van der Waals surface area (Å²) >= 11 is 0. The number of benzene rings is 3. The van der Waals surface area contributed by atoms with Crippen LogP contribution in [0.5, 0.6) is 0 Å². The van der Waals surface area contributed by atoms with Crippen LogP contribution >= 0.6 is 0 Å². The molecule has 7 nitrogen and oxygen atoms in total. The van der Waals surface area contributed by atoms with Gasteiger partial charge in [-0.2, -0.15) is 0 Å². The van der Waals surface area contributed by atoms with Crippen LogP contribution in [0.15, 0.2) is 93.0 Å². The lowest BCUT2D eigenvalue weighted by molar-refractivity contribution is 0.0473. The Labute approximate surface area is 203 Å². The normalized spacial score (nSPS) is 11.4. The smallest absolute Gasteiger partial charge is 0.338 e. The number of hydrogen-bond donors (Lipinski definition) is 0. The molecule has 8 heteroatoms.